The van der Waals surface area contributed by atoms with Crippen LogP contribution < -0.4 is 5.32 Å². The van der Waals surface area contributed by atoms with Gasteiger partial charge in [-0.2, -0.15) is 11.8 Å². The number of carbonyl (C=O) groups is 3. The zero-order valence-electron chi connectivity index (χ0n) is 18.2. The number of amides is 2. The summed E-state index contributed by atoms with van der Waals surface area (Å²) in [4.78, 5) is 37.8. The van der Waals surface area contributed by atoms with E-state index in [0.717, 1.165) is 22.3 Å². The lowest BCUT2D eigenvalue weighted by molar-refractivity contribution is -0.182. The monoisotopic (exact) mass is 470 g/mol. The second-order valence-electron chi connectivity index (χ2n) is 8.33. The molecule has 1 saturated heterocycles. The topological polar surface area (TPSA) is 116 Å². The highest BCUT2D eigenvalue weighted by molar-refractivity contribution is 7.98. The number of fused-ring (bicyclic) bond motifs is 3. The fourth-order valence-electron chi connectivity index (χ4n) is 4.37. The fourth-order valence-corrected chi connectivity index (χ4v) is 4.84. The Labute approximate surface area is 195 Å². The molecule has 2 aliphatic rings. The Kier molecular flexibility index (Phi) is 6.62. The summed E-state index contributed by atoms with van der Waals surface area (Å²) in [6.45, 7) is -0.474. The molecule has 3 N–H and O–H groups in total. The Hall–Kier alpha value is -3.04. The molecule has 1 heterocycles. The number of aliphatic hydroxyl groups is 1. The van der Waals surface area contributed by atoms with Gasteiger partial charge in [0.15, 0.2) is 5.60 Å². The number of nitrogens with one attached hydrogen (secondary N) is 1. The number of carbonyl (C=O) groups excluding carboxylic acids is 2. The van der Waals surface area contributed by atoms with Gasteiger partial charge in [-0.25, -0.2) is 9.59 Å². The van der Waals surface area contributed by atoms with E-state index in [1.165, 1.54) is 16.7 Å². The molecular weight excluding hydrogens is 444 g/mol. The third-order valence-corrected chi connectivity index (χ3v) is 6.80. The molecule has 0 unspecified atom stereocenters. The summed E-state index contributed by atoms with van der Waals surface area (Å²) in [6, 6.07) is 15.2. The first-order valence-corrected chi connectivity index (χ1v) is 12.1. The largest absolute Gasteiger partial charge is 0.479 e. The van der Waals surface area contributed by atoms with Crippen molar-refractivity contribution < 1.29 is 29.3 Å². The molecule has 8 nitrogen and oxygen atoms in total. The fraction of sp³-hybridized carbons (Fsp3) is 0.375. The molecule has 2 aromatic rings. The SMILES string of the molecule is CSCC[C@@H](NC(=O)OCC1c2ccccc2-c2ccccc21)C(=O)N1CC(O)(C(=O)O)C1. The van der Waals surface area contributed by atoms with Crippen LogP contribution in [-0.2, 0) is 14.3 Å². The van der Waals surface area contributed by atoms with Gasteiger partial charge in [-0.3, -0.25) is 4.79 Å². The third kappa shape index (κ3) is 4.56. The van der Waals surface area contributed by atoms with Gasteiger partial charge in [0.05, 0.1) is 13.1 Å². The van der Waals surface area contributed by atoms with Gasteiger partial charge in [0, 0.05) is 5.92 Å². The number of aliphatic carboxylic acids is 1. The van der Waals surface area contributed by atoms with E-state index in [9.17, 15) is 19.5 Å². The van der Waals surface area contributed by atoms with Gasteiger partial charge in [-0.1, -0.05) is 48.5 Å². The number of rotatable bonds is 8. The van der Waals surface area contributed by atoms with Gasteiger partial charge in [0.1, 0.15) is 12.6 Å². The van der Waals surface area contributed by atoms with Gasteiger partial charge in [0.25, 0.3) is 0 Å². The molecule has 0 spiro atoms. The van der Waals surface area contributed by atoms with E-state index in [1.807, 2.05) is 42.7 Å². The maximum absolute atomic E-state index is 12.8. The minimum Gasteiger partial charge on any atom is -0.479 e. The van der Waals surface area contributed by atoms with Crippen LogP contribution in [0.4, 0.5) is 4.79 Å². The van der Waals surface area contributed by atoms with Crippen molar-refractivity contribution in [2.45, 2.75) is 24.0 Å². The second kappa shape index (κ2) is 9.44. The van der Waals surface area contributed by atoms with Gasteiger partial charge >= 0.3 is 12.1 Å². The second-order valence-corrected chi connectivity index (χ2v) is 9.32. The minimum absolute atomic E-state index is 0.0931. The zero-order valence-corrected chi connectivity index (χ0v) is 19.0. The molecule has 1 aliphatic carbocycles. The van der Waals surface area contributed by atoms with Crippen LogP contribution in [0.25, 0.3) is 11.1 Å². The molecule has 0 aromatic heterocycles. The molecule has 1 aliphatic heterocycles. The number of hydrogen-bond acceptors (Lipinski definition) is 6. The van der Waals surface area contributed by atoms with E-state index >= 15 is 0 Å². The summed E-state index contributed by atoms with van der Waals surface area (Å²) >= 11 is 1.53. The van der Waals surface area contributed by atoms with Crippen LogP contribution in [0.1, 0.15) is 23.5 Å². The van der Waals surface area contributed by atoms with E-state index in [2.05, 4.69) is 17.4 Å². The maximum Gasteiger partial charge on any atom is 0.407 e. The summed E-state index contributed by atoms with van der Waals surface area (Å²) in [7, 11) is 0. The molecule has 2 aromatic carbocycles. The number of benzene rings is 2. The molecule has 0 radical (unpaired) electrons. The smallest absolute Gasteiger partial charge is 0.407 e. The van der Waals surface area contributed by atoms with E-state index < -0.39 is 29.6 Å². The quantitative estimate of drug-likeness (QED) is 0.542. The number of carboxylic acids is 1. The maximum atomic E-state index is 12.8. The standard InChI is InChI=1S/C24H26N2O6S/c1-33-11-10-20(21(27)26-13-24(31,14-26)22(28)29)25-23(30)32-12-19-17-8-4-2-6-15(17)16-7-3-5-9-18(16)19/h2-9,19-20,31H,10-14H2,1H3,(H,25,30)(H,28,29)/t20-/m1/s1. The predicted octanol–water partition coefficient (Wildman–Crippen LogP) is 2.30. The van der Waals surface area contributed by atoms with Crippen LogP contribution in [0, 0.1) is 0 Å². The highest BCUT2D eigenvalue weighted by atomic mass is 32.2. The van der Waals surface area contributed by atoms with Crippen molar-refractivity contribution in [3.63, 3.8) is 0 Å². The molecule has 4 rings (SSSR count). The number of β-amino-alcohol motifs (C(OH)–C–C–N with tert-alkyl or cyclic N) is 1. The first-order valence-electron chi connectivity index (χ1n) is 10.7. The van der Waals surface area contributed by atoms with Gasteiger partial charge in [-0.05, 0) is 40.7 Å². The van der Waals surface area contributed by atoms with E-state index in [1.54, 1.807) is 0 Å². The van der Waals surface area contributed by atoms with Crippen LogP contribution in [0.15, 0.2) is 48.5 Å². The van der Waals surface area contributed by atoms with Crippen molar-refractivity contribution in [2.75, 3.05) is 31.7 Å². The lowest BCUT2D eigenvalue weighted by Gasteiger charge is -2.44. The Morgan fingerprint density at radius 2 is 1.70 bits per heavy atom. The number of likely N-dealkylation sites (tertiary alicyclic amines) is 1. The van der Waals surface area contributed by atoms with Crippen LogP contribution in [0.5, 0.6) is 0 Å². The molecule has 2 amide bonds. The number of carboxylic acid groups (broad SMARTS) is 1. The Morgan fingerprint density at radius 3 is 2.24 bits per heavy atom. The van der Waals surface area contributed by atoms with Crippen molar-refractivity contribution in [1.29, 1.82) is 0 Å². The van der Waals surface area contributed by atoms with Crippen LogP contribution >= 0.6 is 11.8 Å². The molecular formula is C24H26N2O6S. The summed E-state index contributed by atoms with van der Waals surface area (Å²) in [5.74, 6) is -1.26. The van der Waals surface area contributed by atoms with Crippen molar-refractivity contribution in [1.82, 2.24) is 10.2 Å². The number of hydrogen-bond donors (Lipinski definition) is 3. The third-order valence-electron chi connectivity index (χ3n) is 6.16. The summed E-state index contributed by atoms with van der Waals surface area (Å²) in [5.41, 5.74) is 2.51. The van der Waals surface area contributed by atoms with E-state index in [-0.39, 0.29) is 25.6 Å². The Morgan fingerprint density at radius 1 is 1.12 bits per heavy atom. The lowest BCUT2D eigenvalue weighted by Crippen LogP contribution is -2.69. The lowest BCUT2D eigenvalue weighted by atomic mass is 9.93. The first-order chi connectivity index (χ1) is 15.8. The number of thioether (sulfide) groups is 1. The predicted molar refractivity (Wildman–Crippen MR) is 124 cm³/mol. The summed E-state index contributed by atoms with van der Waals surface area (Å²) < 4.78 is 5.54. The molecule has 0 saturated carbocycles. The van der Waals surface area contributed by atoms with E-state index in [0.29, 0.717) is 12.2 Å². The minimum atomic E-state index is -1.93. The average molecular weight is 471 g/mol. The average Bonchev–Trinajstić information content (AvgIpc) is 3.11. The molecule has 0 bridgehead atoms. The van der Waals surface area contributed by atoms with Crippen LogP contribution in [0.2, 0.25) is 0 Å². The molecule has 9 heteroatoms. The molecule has 33 heavy (non-hydrogen) atoms. The van der Waals surface area contributed by atoms with Crippen molar-refractivity contribution in [3.05, 3.63) is 59.7 Å². The summed E-state index contributed by atoms with van der Waals surface area (Å²) in [5, 5.41) is 21.6. The normalized spacial score (nSPS) is 16.8. The molecule has 1 fully saturated rings. The Bertz CT molecular complexity index is 1020. The number of alkyl carbamates (subject to hydrolysis) is 1. The number of nitrogens with zero attached hydrogens (tertiary/aromatic N) is 1. The van der Waals surface area contributed by atoms with E-state index in [4.69, 9.17) is 9.84 Å². The first kappa shape index (κ1) is 23.1. The van der Waals surface area contributed by atoms with Gasteiger partial charge in [-0.15, -0.1) is 0 Å². The van der Waals surface area contributed by atoms with Crippen molar-refractivity contribution in [2.24, 2.45) is 0 Å². The van der Waals surface area contributed by atoms with Crippen LogP contribution in [-0.4, -0.2) is 76.4 Å². The number of ether oxygens (including phenoxy) is 1. The van der Waals surface area contributed by atoms with Crippen LogP contribution in [0.3, 0.4) is 0 Å². The highest BCUT2D eigenvalue weighted by Crippen LogP contribution is 2.44. The van der Waals surface area contributed by atoms with Crippen molar-refractivity contribution >= 4 is 29.7 Å². The highest BCUT2D eigenvalue weighted by Gasteiger charge is 2.51. The Balaban J connectivity index is 1.39. The van der Waals surface area contributed by atoms with Crippen molar-refractivity contribution in [3.8, 4) is 11.1 Å². The molecule has 1 atom stereocenters. The molecule has 174 valence electrons. The zero-order chi connectivity index (χ0) is 23.6. The van der Waals surface area contributed by atoms with Gasteiger partial charge in [0.2, 0.25) is 5.91 Å². The van der Waals surface area contributed by atoms with Gasteiger partial charge < -0.3 is 25.2 Å². The summed E-state index contributed by atoms with van der Waals surface area (Å²) in [6.07, 6.45) is 1.55.